The molecule has 0 radical (unpaired) electrons. The third-order valence-corrected chi connectivity index (χ3v) is 5.29. The molecule has 1 saturated heterocycles. The minimum atomic E-state index is -0.315. The fourth-order valence-electron chi connectivity index (χ4n) is 4.10. The maximum Gasteiger partial charge on any atom is 0.0626 e. The maximum atomic E-state index is 9.62. The van der Waals surface area contributed by atoms with E-state index in [2.05, 4.69) is 4.90 Å². The Morgan fingerprint density at radius 2 is 1.88 bits per heavy atom. The molecule has 0 amide bonds. The Bertz CT molecular complexity index is 279. The molecule has 0 aromatic rings. The highest BCUT2D eigenvalue weighted by Crippen LogP contribution is 2.41. The number of hydrogen-bond acceptors (Lipinski definition) is 3. The SMILES string of the molecule is NC(CO)(CN1CCCC2CCCC21)C1CC1. The predicted molar refractivity (Wildman–Crippen MR) is 68.7 cm³/mol. The van der Waals surface area contributed by atoms with E-state index in [1.807, 2.05) is 0 Å². The maximum absolute atomic E-state index is 9.62. The lowest BCUT2D eigenvalue weighted by Gasteiger charge is -2.42. The van der Waals surface area contributed by atoms with Crippen LogP contribution in [0.4, 0.5) is 0 Å². The van der Waals surface area contributed by atoms with Crippen LogP contribution in [0.5, 0.6) is 0 Å². The Morgan fingerprint density at radius 3 is 2.59 bits per heavy atom. The van der Waals surface area contributed by atoms with E-state index < -0.39 is 0 Å². The van der Waals surface area contributed by atoms with Gasteiger partial charge in [-0.25, -0.2) is 0 Å². The number of rotatable bonds is 4. The van der Waals surface area contributed by atoms with Gasteiger partial charge in [0.1, 0.15) is 0 Å². The van der Waals surface area contributed by atoms with E-state index in [-0.39, 0.29) is 12.1 Å². The minimum absolute atomic E-state index is 0.158. The fraction of sp³-hybridized carbons (Fsp3) is 1.00. The van der Waals surface area contributed by atoms with Crippen LogP contribution in [-0.2, 0) is 0 Å². The molecular weight excluding hydrogens is 212 g/mol. The third kappa shape index (κ3) is 2.25. The van der Waals surface area contributed by atoms with Crippen molar-refractivity contribution in [1.82, 2.24) is 4.90 Å². The van der Waals surface area contributed by atoms with E-state index in [9.17, 15) is 5.11 Å². The summed E-state index contributed by atoms with van der Waals surface area (Å²) in [4.78, 5) is 2.61. The molecule has 1 heterocycles. The van der Waals surface area contributed by atoms with Crippen LogP contribution in [0.15, 0.2) is 0 Å². The van der Waals surface area contributed by atoms with Crippen molar-refractivity contribution in [3.05, 3.63) is 0 Å². The predicted octanol–water partition coefficient (Wildman–Crippen LogP) is 1.35. The average molecular weight is 238 g/mol. The number of fused-ring (bicyclic) bond motifs is 1. The molecule has 0 spiro atoms. The smallest absolute Gasteiger partial charge is 0.0626 e. The zero-order valence-electron chi connectivity index (χ0n) is 10.8. The first-order chi connectivity index (χ1) is 8.23. The van der Waals surface area contributed by atoms with Crippen LogP contribution in [0.2, 0.25) is 0 Å². The Morgan fingerprint density at radius 1 is 1.12 bits per heavy atom. The van der Waals surface area contributed by atoms with Gasteiger partial charge in [-0.1, -0.05) is 6.42 Å². The number of nitrogens with zero attached hydrogens (tertiary/aromatic N) is 1. The summed E-state index contributed by atoms with van der Waals surface area (Å²) in [6.07, 6.45) is 9.36. The van der Waals surface area contributed by atoms with Gasteiger partial charge in [-0.05, 0) is 56.9 Å². The quantitative estimate of drug-likeness (QED) is 0.777. The number of likely N-dealkylation sites (tertiary alicyclic amines) is 1. The van der Waals surface area contributed by atoms with Crippen LogP contribution in [0.1, 0.15) is 44.9 Å². The number of piperidine rings is 1. The van der Waals surface area contributed by atoms with Crippen molar-refractivity contribution < 1.29 is 5.11 Å². The van der Waals surface area contributed by atoms with Crippen molar-refractivity contribution in [2.45, 2.75) is 56.5 Å². The fourth-order valence-corrected chi connectivity index (χ4v) is 4.10. The average Bonchev–Trinajstić information content (AvgIpc) is 3.09. The number of aliphatic hydroxyl groups is 1. The highest BCUT2D eigenvalue weighted by Gasteiger charge is 2.45. The van der Waals surface area contributed by atoms with Crippen molar-refractivity contribution in [2.75, 3.05) is 19.7 Å². The Labute approximate surface area is 104 Å². The second-order valence-corrected chi connectivity index (χ2v) is 6.54. The van der Waals surface area contributed by atoms with Crippen molar-refractivity contribution >= 4 is 0 Å². The van der Waals surface area contributed by atoms with Gasteiger partial charge in [0.05, 0.1) is 12.1 Å². The van der Waals surface area contributed by atoms with Gasteiger partial charge in [0.15, 0.2) is 0 Å². The van der Waals surface area contributed by atoms with E-state index in [1.165, 1.54) is 51.5 Å². The van der Waals surface area contributed by atoms with Crippen LogP contribution in [0.25, 0.3) is 0 Å². The highest BCUT2D eigenvalue weighted by atomic mass is 16.3. The summed E-state index contributed by atoms with van der Waals surface area (Å²) in [6.45, 7) is 2.29. The molecule has 3 fully saturated rings. The number of aliphatic hydroxyl groups excluding tert-OH is 1. The standard InChI is InChI=1S/C14H26N2O/c15-14(10-17,12-6-7-12)9-16-8-2-4-11-3-1-5-13(11)16/h11-13,17H,1-10,15H2. The first-order valence-corrected chi connectivity index (χ1v) is 7.37. The van der Waals surface area contributed by atoms with Gasteiger partial charge in [-0.2, -0.15) is 0 Å². The molecule has 0 aromatic carbocycles. The van der Waals surface area contributed by atoms with Gasteiger partial charge >= 0.3 is 0 Å². The van der Waals surface area contributed by atoms with Gasteiger partial charge in [-0.15, -0.1) is 0 Å². The van der Waals surface area contributed by atoms with Gasteiger partial charge in [0.2, 0.25) is 0 Å². The molecule has 2 saturated carbocycles. The second kappa shape index (κ2) is 4.52. The lowest BCUT2D eigenvalue weighted by atomic mass is 9.88. The monoisotopic (exact) mass is 238 g/mol. The summed E-state index contributed by atoms with van der Waals surface area (Å²) in [6, 6.07) is 0.775. The summed E-state index contributed by atoms with van der Waals surface area (Å²) < 4.78 is 0. The molecule has 3 aliphatic rings. The summed E-state index contributed by atoms with van der Waals surface area (Å²) in [5, 5.41) is 9.62. The van der Waals surface area contributed by atoms with E-state index >= 15 is 0 Å². The van der Waals surface area contributed by atoms with Crippen LogP contribution in [0, 0.1) is 11.8 Å². The number of nitrogens with two attached hydrogens (primary N) is 1. The van der Waals surface area contributed by atoms with Crippen LogP contribution >= 0.6 is 0 Å². The lowest BCUT2D eigenvalue weighted by Crippen LogP contribution is -2.58. The molecular formula is C14H26N2O. The van der Waals surface area contributed by atoms with Crippen LogP contribution in [0.3, 0.4) is 0 Å². The molecule has 3 heteroatoms. The Kier molecular flexibility index (Phi) is 3.18. The van der Waals surface area contributed by atoms with Crippen molar-refractivity contribution in [3.63, 3.8) is 0 Å². The summed E-state index contributed by atoms with van der Waals surface area (Å²) in [5.41, 5.74) is 6.11. The lowest BCUT2D eigenvalue weighted by molar-refractivity contribution is 0.0570. The highest BCUT2D eigenvalue weighted by molar-refractivity contribution is 5.02. The molecule has 3 unspecified atom stereocenters. The topological polar surface area (TPSA) is 49.5 Å². The molecule has 3 nitrogen and oxygen atoms in total. The van der Waals surface area contributed by atoms with Crippen molar-refractivity contribution in [3.8, 4) is 0 Å². The van der Waals surface area contributed by atoms with Gasteiger partial charge in [0, 0.05) is 12.6 Å². The molecule has 1 aliphatic heterocycles. The molecule has 2 aliphatic carbocycles. The Hall–Kier alpha value is -0.120. The van der Waals surface area contributed by atoms with E-state index in [1.54, 1.807) is 0 Å². The summed E-state index contributed by atoms with van der Waals surface area (Å²) in [5.74, 6) is 1.50. The van der Waals surface area contributed by atoms with E-state index in [0.29, 0.717) is 5.92 Å². The van der Waals surface area contributed by atoms with Crippen LogP contribution in [-0.4, -0.2) is 41.3 Å². The van der Waals surface area contributed by atoms with Crippen molar-refractivity contribution in [1.29, 1.82) is 0 Å². The van der Waals surface area contributed by atoms with Crippen molar-refractivity contribution in [2.24, 2.45) is 17.6 Å². The molecule has 0 aromatic heterocycles. The molecule has 98 valence electrons. The van der Waals surface area contributed by atoms with Gasteiger partial charge in [0.25, 0.3) is 0 Å². The molecule has 3 atom stereocenters. The molecule has 17 heavy (non-hydrogen) atoms. The summed E-state index contributed by atoms with van der Waals surface area (Å²) >= 11 is 0. The zero-order chi connectivity index (χ0) is 11.9. The first kappa shape index (κ1) is 11.9. The third-order valence-electron chi connectivity index (χ3n) is 5.29. The normalized spacial score (nSPS) is 37.8. The minimum Gasteiger partial charge on any atom is -0.394 e. The summed E-state index contributed by atoms with van der Waals surface area (Å²) in [7, 11) is 0. The largest absolute Gasteiger partial charge is 0.394 e. The van der Waals surface area contributed by atoms with E-state index in [4.69, 9.17) is 5.73 Å². The second-order valence-electron chi connectivity index (χ2n) is 6.54. The first-order valence-electron chi connectivity index (χ1n) is 7.37. The zero-order valence-corrected chi connectivity index (χ0v) is 10.8. The number of hydrogen-bond donors (Lipinski definition) is 2. The molecule has 3 rings (SSSR count). The van der Waals surface area contributed by atoms with E-state index in [0.717, 1.165) is 18.5 Å². The van der Waals surface area contributed by atoms with Crippen LogP contribution < -0.4 is 5.73 Å². The van der Waals surface area contributed by atoms with Gasteiger partial charge < -0.3 is 10.8 Å². The molecule has 0 bridgehead atoms. The Balaban J connectivity index is 1.66. The molecule has 3 N–H and O–H groups in total. The van der Waals surface area contributed by atoms with Gasteiger partial charge in [-0.3, -0.25) is 4.90 Å².